The highest BCUT2D eigenvalue weighted by Gasteiger charge is 2.13. The monoisotopic (exact) mass is 361 g/mol. The third-order valence-corrected chi connectivity index (χ3v) is 3.69. The van der Waals surface area contributed by atoms with Gasteiger partial charge in [-0.3, -0.25) is 9.59 Å². The number of halogens is 1. The molecular weight excluding hydrogens is 338 g/mol. The van der Waals surface area contributed by atoms with E-state index < -0.39 is 0 Å². The van der Waals surface area contributed by atoms with Gasteiger partial charge in [0.15, 0.2) is 0 Å². The van der Waals surface area contributed by atoms with E-state index in [1.54, 1.807) is 36.4 Å². The first-order valence-corrected chi connectivity index (χ1v) is 8.01. The summed E-state index contributed by atoms with van der Waals surface area (Å²) < 4.78 is 0. The number of rotatable bonds is 6. The number of amides is 2. The van der Waals surface area contributed by atoms with Gasteiger partial charge in [0.2, 0.25) is 0 Å². The molecule has 0 saturated carbocycles. The smallest absolute Gasteiger partial charge is 0.255 e. The zero-order chi connectivity index (χ0) is 17.5. The first kappa shape index (κ1) is 20.7. The minimum absolute atomic E-state index is 0. The van der Waals surface area contributed by atoms with Gasteiger partial charge < -0.3 is 16.4 Å². The summed E-state index contributed by atoms with van der Waals surface area (Å²) in [5, 5.41) is 5.51. The standard InChI is InChI=1S/C19H23N3O2.ClH/c1-13(2)14-7-9-15(10-8-14)18(23)22-17-6-4-3-5-16(17)19(24)21-12-11-20;/h3-10,13H,11-12,20H2,1-2H3,(H,21,24)(H,22,23);1H. The van der Waals surface area contributed by atoms with Crippen LogP contribution < -0.4 is 16.4 Å². The summed E-state index contributed by atoms with van der Waals surface area (Å²) in [6.45, 7) is 4.96. The highest BCUT2D eigenvalue weighted by molar-refractivity contribution is 6.09. The first-order chi connectivity index (χ1) is 11.5. The maximum absolute atomic E-state index is 12.4. The molecule has 0 aliphatic heterocycles. The number of anilines is 1. The Morgan fingerprint density at radius 1 is 1.00 bits per heavy atom. The summed E-state index contributed by atoms with van der Waals surface area (Å²) in [6.07, 6.45) is 0. The van der Waals surface area contributed by atoms with Crippen LogP contribution in [-0.2, 0) is 0 Å². The quantitative estimate of drug-likeness (QED) is 0.738. The molecule has 0 bridgehead atoms. The van der Waals surface area contributed by atoms with Crippen molar-refractivity contribution in [1.82, 2.24) is 5.32 Å². The Kier molecular flexibility index (Phi) is 8.11. The maximum atomic E-state index is 12.4. The predicted molar refractivity (Wildman–Crippen MR) is 104 cm³/mol. The third kappa shape index (κ3) is 5.59. The van der Waals surface area contributed by atoms with Crippen LogP contribution in [0.3, 0.4) is 0 Å². The molecule has 0 aromatic heterocycles. The van der Waals surface area contributed by atoms with Crippen LogP contribution in [0.1, 0.15) is 46.0 Å². The summed E-state index contributed by atoms with van der Waals surface area (Å²) in [5.74, 6) is -0.0926. The number of benzene rings is 2. The van der Waals surface area contributed by atoms with Crippen molar-refractivity contribution in [2.24, 2.45) is 5.73 Å². The van der Waals surface area contributed by atoms with Crippen LogP contribution in [0.15, 0.2) is 48.5 Å². The van der Waals surface area contributed by atoms with E-state index in [0.29, 0.717) is 35.8 Å². The molecule has 25 heavy (non-hydrogen) atoms. The lowest BCUT2D eigenvalue weighted by molar-refractivity contribution is 0.0955. The van der Waals surface area contributed by atoms with E-state index in [0.717, 1.165) is 0 Å². The molecule has 0 radical (unpaired) electrons. The van der Waals surface area contributed by atoms with Gasteiger partial charge in [0.1, 0.15) is 0 Å². The molecule has 2 aromatic rings. The molecule has 0 spiro atoms. The molecule has 0 heterocycles. The fourth-order valence-corrected chi connectivity index (χ4v) is 2.28. The Balaban J connectivity index is 0.00000312. The van der Waals surface area contributed by atoms with E-state index in [1.165, 1.54) is 5.56 Å². The van der Waals surface area contributed by atoms with Gasteiger partial charge in [0.05, 0.1) is 11.3 Å². The second kappa shape index (κ2) is 9.81. The van der Waals surface area contributed by atoms with Crippen LogP contribution >= 0.6 is 12.4 Å². The van der Waals surface area contributed by atoms with Crippen molar-refractivity contribution in [2.75, 3.05) is 18.4 Å². The van der Waals surface area contributed by atoms with Crippen molar-refractivity contribution in [3.8, 4) is 0 Å². The molecule has 134 valence electrons. The molecule has 2 aromatic carbocycles. The topological polar surface area (TPSA) is 84.2 Å². The predicted octanol–water partition coefficient (Wildman–Crippen LogP) is 3.17. The zero-order valence-corrected chi connectivity index (χ0v) is 15.2. The van der Waals surface area contributed by atoms with Gasteiger partial charge in [0.25, 0.3) is 11.8 Å². The molecule has 0 aliphatic carbocycles. The Morgan fingerprint density at radius 3 is 2.24 bits per heavy atom. The van der Waals surface area contributed by atoms with Crippen molar-refractivity contribution in [1.29, 1.82) is 0 Å². The number of nitrogens with two attached hydrogens (primary N) is 1. The summed E-state index contributed by atoms with van der Waals surface area (Å²) in [6, 6.07) is 14.4. The van der Waals surface area contributed by atoms with Gasteiger partial charge in [0, 0.05) is 18.7 Å². The van der Waals surface area contributed by atoms with Gasteiger partial charge in [-0.05, 0) is 35.7 Å². The molecule has 0 aliphatic rings. The number of nitrogens with one attached hydrogen (secondary N) is 2. The molecular formula is C19H24ClN3O2. The van der Waals surface area contributed by atoms with Crippen LogP contribution in [0, 0.1) is 0 Å². The third-order valence-electron chi connectivity index (χ3n) is 3.69. The number of hydrogen-bond donors (Lipinski definition) is 3. The van der Waals surface area contributed by atoms with Gasteiger partial charge in [-0.1, -0.05) is 38.1 Å². The Morgan fingerprint density at radius 2 is 1.64 bits per heavy atom. The Hall–Kier alpha value is -2.37. The number of carbonyl (C=O) groups is 2. The molecule has 0 fully saturated rings. The molecule has 0 unspecified atom stereocenters. The van der Waals surface area contributed by atoms with E-state index in [1.807, 2.05) is 12.1 Å². The van der Waals surface area contributed by atoms with Gasteiger partial charge in [-0.15, -0.1) is 12.4 Å². The lowest BCUT2D eigenvalue weighted by atomic mass is 10.0. The lowest BCUT2D eigenvalue weighted by Gasteiger charge is -2.12. The van der Waals surface area contributed by atoms with E-state index in [2.05, 4.69) is 24.5 Å². The van der Waals surface area contributed by atoms with E-state index >= 15 is 0 Å². The average Bonchev–Trinajstić information content (AvgIpc) is 2.60. The van der Waals surface area contributed by atoms with Crippen molar-refractivity contribution in [3.05, 3.63) is 65.2 Å². The van der Waals surface area contributed by atoms with Crippen molar-refractivity contribution in [2.45, 2.75) is 19.8 Å². The molecule has 0 atom stereocenters. The number of carbonyl (C=O) groups excluding carboxylic acids is 2. The average molecular weight is 362 g/mol. The van der Waals surface area contributed by atoms with Gasteiger partial charge in [-0.2, -0.15) is 0 Å². The molecule has 5 nitrogen and oxygen atoms in total. The fraction of sp³-hybridized carbons (Fsp3) is 0.263. The van der Waals surface area contributed by atoms with E-state index in [4.69, 9.17) is 5.73 Å². The molecule has 2 rings (SSSR count). The second-order valence-electron chi connectivity index (χ2n) is 5.82. The number of hydrogen-bond acceptors (Lipinski definition) is 3. The zero-order valence-electron chi connectivity index (χ0n) is 14.4. The molecule has 0 saturated heterocycles. The molecule has 4 N–H and O–H groups in total. The largest absolute Gasteiger partial charge is 0.351 e. The summed E-state index contributed by atoms with van der Waals surface area (Å²) in [5.41, 5.74) is 8.02. The maximum Gasteiger partial charge on any atom is 0.255 e. The lowest BCUT2D eigenvalue weighted by Crippen LogP contribution is -2.30. The minimum atomic E-state index is -0.258. The normalized spacial score (nSPS) is 10.1. The Labute approximate surface area is 154 Å². The highest BCUT2D eigenvalue weighted by Crippen LogP contribution is 2.18. The van der Waals surface area contributed by atoms with Crippen LogP contribution in [-0.4, -0.2) is 24.9 Å². The van der Waals surface area contributed by atoms with Crippen molar-refractivity contribution in [3.63, 3.8) is 0 Å². The van der Waals surface area contributed by atoms with Crippen LogP contribution in [0.2, 0.25) is 0 Å². The summed E-state index contributed by atoms with van der Waals surface area (Å²) in [7, 11) is 0. The van der Waals surface area contributed by atoms with E-state index in [9.17, 15) is 9.59 Å². The summed E-state index contributed by atoms with van der Waals surface area (Å²) >= 11 is 0. The van der Waals surface area contributed by atoms with E-state index in [-0.39, 0.29) is 24.2 Å². The van der Waals surface area contributed by atoms with Crippen molar-refractivity contribution >= 4 is 29.9 Å². The van der Waals surface area contributed by atoms with Gasteiger partial charge in [-0.25, -0.2) is 0 Å². The minimum Gasteiger partial charge on any atom is -0.351 e. The Bertz CT molecular complexity index is 715. The van der Waals surface area contributed by atoms with Crippen molar-refractivity contribution < 1.29 is 9.59 Å². The van der Waals surface area contributed by atoms with Crippen LogP contribution in [0.5, 0.6) is 0 Å². The summed E-state index contributed by atoms with van der Waals surface area (Å²) in [4.78, 5) is 24.6. The van der Waals surface area contributed by atoms with Crippen LogP contribution in [0.25, 0.3) is 0 Å². The highest BCUT2D eigenvalue weighted by atomic mass is 35.5. The molecule has 6 heteroatoms. The second-order valence-corrected chi connectivity index (χ2v) is 5.82. The first-order valence-electron chi connectivity index (χ1n) is 8.01. The molecule has 2 amide bonds. The number of para-hydroxylation sites is 1. The SMILES string of the molecule is CC(C)c1ccc(C(=O)Nc2ccccc2C(=O)NCCN)cc1.Cl. The van der Waals surface area contributed by atoms with Gasteiger partial charge >= 0.3 is 0 Å². The van der Waals surface area contributed by atoms with Crippen LogP contribution in [0.4, 0.5) is 5.69 Å². The fourth-order valence-electron chi connectivity index (χ4n) is 2.28.